The van der Waals surface area contributed by atoms with E-state index in [1.54, 1.807) is 0 Å². The first-order valence-corrected chi connectivity index (χ1v) is 12.5. The molecule has 0 saturated heterocycles. The second kappa shape index (κ2) is 16.0. The normalized spacial score (nSPS) is 13.4. The maximum atomic E-state index is 12.8. The monoisotopic (exact) mass is 424 g/mol. The minimum Gasteiger partial charge on any atom is -0.317 e. The molecular weight excluding hydrogens is 372 g/mol. The van der Waals surface area contributed by atoms with Gasteiger partial charge in [0.05, 0.1) is 6.04 Å². The number of Topliss-reactive ketones (excluding diaryl/α,β-unsaturated/α-hetero) is 2. The number of carbonyl (C=O) groups excluding carboxylic acids is 2. The van der Waals surface area contributed by atoms with Crippen molar-refractivity contribution in [2.75, 3.05) is 13.1 Å². The Morgan fingerprint density at radius 3 is 1.80 bits per heavy atom. The van der Waals surface area contributed by atoms with E-state index < -0.39 is 5.41 Å². The Morgan fingerprint density at radius 1 is 0.733 bits per heavy atom. The van der Waals surface area contributed by atoms with Crippen LogP contribution in [0.2, 0.25) is 0 Å². The molecule has 0 amide bonds. The van der Waals surface area contributed by atoms with E-state index >= 15 is 0 Å². The Balaban J connectivity index is 3.90. The second-order valence-electron chi connectivity index (χ2n) is 11.0. The lowest BCUT2D eigenvalue weighted by atomic mass is 9.83. The smallest absolute Gasteiger partial charge is 0.155 e. The highest BCUT2D eigenvalue weighted by Crippen LogP contribution is 2.21. The first-order chi connectivity index (χ1) is 14.0. The summed E-state index contributed by atoms with van der Waals surface area (Å²) in [4.78, 5) is 25.1. The first kappa shape index (κ1) is 29.3. The number of unbranched alkanes of at least 4 members (excludes halogenated alkanes) is 7. The molecule has 0 aromatic heterocycles. The van der Waals surface area contributed by atoms with Crippen molar-refractivity contribution >= 4 is 11.6 Å². The van der Waals surface area contributed by atoms with Gasteiger partial charge >= 0.3 is 0 Å². The van der Waals surface area contributed by atoms with Gasteiger partial charge in [-0.25, -0.2) is 0 Å². The lowest BCUT2D eigenvalue weighted by Gasteiger charge is -2.31. The van der Waals surface area contributed by atoms with Crippen LogP contribution >= 0.6 is 0 Å². The van der Waals surface area contributed by atoms with Crippen LogP contribution in [0.5, 0.6) is 0 Å². The Hall–Kier alpha value is -0.740. The predicted molar refractivity (Wildman–Crippen MR) is 130 cm³/mol. The van der Waals surface area contributed by atoms with Gasteiger partial charge in [-0.3, -0.25) is 9.59 Å². The number of rotatable bonds is 18. The van der Waals surface area contributed by atoms with E-state index in [0.29, 0.717) is 25.0 Å². The molecule has 1 unspecified atom stereocenters. The predicted octanol–water partition coefficient (Wildman–Crippen LogP) is 6.22. The van der Waals surface area contributed by atoms with Crippen LogP contribution in [0.3, 0.4) is 0 Å². The summed E-state index contributed by atoms with van der Waals surface area (Å²) in [6, 6.07) is -0.245. The summed E-state index contributed by atoms with van der Waals surface area (Å²) >= 11 is 0. The molecule has 0 aliphatic heterocycles. The fraction of sp³-hybridized carbons (Fsp3) is 0.923. The van der Waals surface area contributed by atoms with Crippen LogP contribution in [0.1, 0.15) is 126 Å². The van der Waals surface area contributed by atoms with Crippen molar-refractivity contribution in [3.8, 4) is 0 Å². The topological polar surface area (TPSA) is 58.2 Å². The molecule has 0 bridgehead atoms. The Morgan fingerprint density at radius 2 is 1.27 bits per heavy atom. The zero-order valence-corrected chi connectivity index (χ0v) is 21.3. The molecule has 0 aromatic carbocycles. The average Bonchev–Trinajstić information content (AvgIpc) is 2.63. The second-order valence-corrected chi connectivity index (χ2v) is 11.0. The number of hydrogen-bond donors (Lipinski definition) is 2. The molecule has 4 heteroatoms. The van der Waals surface area contributed by atoms with Crippen molar-refractivity contribution in [2.45, 2.75) is 137 Å². The summed E-state index contributed by atoms with van der Waals surface area (Å²) in [5.74, 6) is 0.501. The molecular formula is C26H52N2O2. The number of nitrogens with one attached hydrogen (secondary N) is 2. The zero-order chi connectivity index (χ0) is 23.0. The van der Waals surface area contributed by atoms with Crippen molar-refractivity contribution in [3.63, 3.8) is 0 Å². The van der Waals surface area contributed by atoms with Crippen LogP contribution < -0.4 is 10.6 Å². The molecule has 0 aromatic rings. The van der Waals surface area contributed by atoms with Crippen LogP contribution in [0, 0.1) is 5.41 Å². The van der Waals surface area contributed by atoms with Gasteiger partial charge in [0.2, 0.25) is 0 Å². The van der Waals surface area contributed by atoms with Gasteiger partial charge in [0.1, 0.15) is 5.78 Å². The highest BCUT2D eigenvalue weighted by atomic mass is 16.1. The minimum atomic E-state index is -0.391. The largest absolute Gasteiger partial charge is 0.317 e. The molecule has 0 radical (unpaired) electrons. The molecule has 0 fully saturated rings. The van der Waals surface area contributed by atoms with Crippen molar-refractivity contribution in [3.05, 3.63) is 0 Å². The van der Waals surface area contributed by atoms with E-state index in [0.717, 1.165) is 25.9 Å². The van der Waals surface area contributed by atoms with Gasteiger partial charge in [0, 0.05) is 23.8 Å². The number of ketones is 2. The third kappa shape index (κ3) is 17.0. The molecule has 4 nitrogen and oxygen atoms in total. The molecule has 1 atom stereocenters. The zero-order valence-electron chi connectivity index (χ0n) is 21.3. The van der Waals surface area contributed by atoms with Gasteiger partial charge in [-0.2, -0.15) is 0 Å². The van der Waals surface area contributed by atoms with E-state index in [-0.39, 0.29) is 17.4 Å². The van der Waals surface area contributed by atoms with E-state index in [9.17, 15) is 9.59 Å². The van der Waals surface area contributed by atoms with Crippen molar-refractivity contribution < 1.29 is 9.59 Å². The number of carbonyl (C=O) groups is 2. The molecule has 0 heterocycles. The molecule has 0 rings (SSSR count). The summed E-state index contributed by atoms with van der Waals surface area (Å²) in [5, 5.41) is 6.92. The maximum Gasteiger partial charge on any atom is 0.155 e. The minimum absolute atomic E-state index is 0.139. The van der Waals surface area contributed by atoms with E-state index in [1.807, 2.05) is 20.8 Å². The summed E-state index contributed by atoms with van der Waals surface area (Å²) < 4.78 is 0. The van der Waals surface area contributed by atoms with Crippen molar-refractivity contribution in [1.29, 1.82) is 0 Å². The fourth-order valence-corrected chi connectivity index (χ4v) is 3.63. The Bertz CT molecular complexity index is 461. The molecule has 2 N–H and O–H groups in total. The highest BCUT2D eigenvalue weighted by Gasteiger charge is 2.31. The molecule has 178 valence electrons. The molecule has 0 aliphatic rings. The van der Waals surface area contributed by atoms with Gasteiger partial charge < -0.3 is 10.6 Å². The molecule has 0 spiro atoms. The van der Waals surface area contributed by atoms with Crippen LogP contribution in [0.15, 0.2) is 0 Å². The van der Waals surface area contributed by atoms with Crippen LogP contribution in [0.4, 0.5) is 0 Å². The highest BCUT2D eigenvalue weighted by molar-refractivity contribution is 5.89. The maximum absolute atomic E-state index is 12.8. The van der Waals surface area contributed by atoms with Crippen molar-refractivity contribution in [2.24, 2.45) is 5.41 Å². The third-order valence-corrected chi connectivity index (χ3v) is 5.39. The standard InChI is InChI=1S/C26H52N2O2/c1-8-9-20-27-21-16-14-12-10-11-13-15-17-22(29)18-19-23(28-26(5,6)7)24(30)25(2,3)4/h23,27-28H,8-21H2,1-7H3. The third-order valence-electron chi connectivity index (χ3n) is 5.39. The molecule has 0 saturated carbocycles. The van der Waals surface area contributed by atoms with Crippen LogP contribution in [-0.4, -0.2) is 36.2 Å². The molecule has 0 aliphatic carbocycles. The van der Waals surface area contributed by atoms with Crippen molar-refractivity contribution in [1.82, 2.24) is 10.6 Å². The molecule has 30 heavy (non-hydrogen) atoms. The summed E-state index contributed by atoms with van der Waals surface area (Å²) in [7, 11) is 0. The summed E-state index contributed by atoms with van der Waals surface area (Å²) in [6.45, 7) is 16.6. The fourth-order valence-electron chi connectivity index (χ4n) is 3.63. The summed E-state index contributed by atoms with van der Waals surface area (Å²) in [5.41, 5.74) is -0.530. The van der Waals surface area contributed by atoms with Crippen LogP contribution in [0.25, 0.3) is 0 Å². The quantitative estimate of drug-likeness (QED) is 0.256. The summed E-state index contributed by atoms with van der Waals surface area (Å²) in [6.07, 6.45) is 12.8. The Kier molecular flexibility index (Phi) is 15.6. The lowest BCUT2D eigenvalue weighted by Crippen LogP contribution is -2.51. The number of hydrogen-bond acceptors (Lipinski definition) is 4. The van der Waals surface area contributed by atoms with Gasteiger partial charge in [-0.1, -0.05) is 66.2 Å². The van der Waals surface area contributed by atoms with E-state index in [2.05, 4.69) is 38.3 Å². The first-order valence-electron chi connectivity index (χ1n) is 12.5. The van der Waals surface area contributed by atoms with Gasteiger partial charge in [-0.05, 0) is 59.5 Å². The van der Waals surface area contributed by atoms with E-state index in [4.69, 9.17) is 0 Å². The van der Waals surface area contributed by atoms with E-state index in [1.165, 1.54) is 44.9 Å². The van der Waals surface area contributed by atoms with Gasteiger partial charge in [0.15, 0.2) is 5.78 Å². The van der Waals surface area contributed by atoms with Crippen LogP contribution in [-0.2, 0) is 9.59 Å². The van der Waals surface area contributed by atoms with Gasteiger partial charge in [-0.15, -0.1) is 0 Å². The Labute approximate surface area is 187 Å². The average molecular weight is 425 g/mol. The SMILES string of the molecule is CCCCNCCCCCCCCCC(=O)CCC(NC(C)(C)C)C(=O)C(C)(C)C. The van der Waals surface area contributed by atoms with Gasteiger partial charge in [0.25, 0.3) is 0 Å². The lowest BCUT2D eigenvalue weighted by molar-refractivity contribution is -0.129.